The van der Waals surface area contributed by atoms with E-state index in [4.69, 9.17) is 9.31 Å². The molecule has 1 fully saturated rings. The van der Waals surface area contributed by atoms with Crippen molar-refractivity contribution in [2.24, 2.45) is 0 Å². The molecule has 6 nitrogen and oxygen atoms in total. The summed E-state index contributed by atoms with van der Waals surface area (Å²) in [5, 5.41) is 9.90. The Balaban J connectivity index is 2.94. The van der Waals surface area contributed by atoms with Gasteiger partial charge in [0.25, 0.3) is 5.91 Å². The lowest BCUT2D eigenvalue weighted by Crippen LogP contribution is -2.49. The lowest BCUT2D eigenvalue weighted by atomic mass is 9.61. The van der Waals surface area contributed by atoms with Crippen molar-refractivity contribution in [1.29, 1.82) is 0 Å². The highest BCUT2D eigenvalue weighted by molar-refractivity contribution is 6.49. The molecular weight excluding hydrogens is 247 g/mol. The molecule has 1 aliphatic heterocycles. The van der Waals surface area contributed by atoms with E-state index in [0.717, 1.165) is 0 Å². The van der Waals surface area contributed by atoms with Crippen LogP contribution in [-0.2, 0) is 14.1 Å². The van der Waals surface area contributed by atoms with Crippen LogP contribution in [0.1, 0.15) is 20.8 Å². The van der Waals surface area contributed by atoms with Gasteiger partial charge in [0.2, 0.25) is 0 Å². The average molecular weight is 272 g/mol. The summed E-state index contributed by atoms with van der Waals surface area (Å²) in [5.41, 5.74) is 0. The Morgan fingerprint density at radius 1 is 1.21 bits per heavy atom. The topological polar surface area (TPSA) is 62.2 Å². The maximum atomic E-state index is 12.1. The summed E-state index contributed by atoms with van der Waals surface area (Å²) in [6, 6.07) is 0. The second-order valence-corrected chi connectivity index (χ2v) is 6.47. The number of hydrogen-bond donors (Lipinski definition) is 1. The number of carbonyl (C=O) groups excluding carboxylic acids is 1. The monoisotopic (exact) mass is 272 g/mol. The first kappa shape index (κ1) is 16.4. The Bertz CT molecular complexity index is 330. The highest BCUT2D eigenvalue weighted by Gasteiger charge is 2.52. The third kappa shape index (κ3) is 3.69. The van der Waals surface area contributed by atoms with Crippen LogP contribution in [0.25, 0.3) is 0 Å². The van der Waals surface area contributed by atoms with Crippen LogP contribution >= 0.6 is 0 Å². The van der Waals surface area contributed by atoms with Crippen molar-refractivity contribution in [2.45, 2.75) is 44.5 Å². The molecule has 1 amide bonds. The van der Waals surface area contributed by atoms with Crippen molar-refractivity contribution in [3.05, 3.63) is 0 Å². The maximum absolute atomic E-state index is 12.1. The molecule has 1 saturated heterocycles. The Kier molecular flexibility index (Phi) is 5.00. The maximum Gasteiger partial charge on any atom is 0.463 e. The highest BCUT2D eigenvalue weighted by Crippen LogP contribution is 2.36. The largest absolute Gasteiger partial charge is 0.463 e. The number of amides is 1. The van der Waals surface area contributed by atoms with Gasteiger partial charge in [0.05, 0.1) is 0 Å². The number of nitrogens with zero attached hydrogens (tertiary/aromatic N) is 2. The SMILES string of the molecule is CN(C)C(=O)C1OB(C(C)(C)C)OC1C(O)N(C)C. The third-order valence-electron chi connectivity index (χ3n) is 3.06. The molecule has 19 heavy (non-hydrogen) atoms. The molecule has 0 radical (unpaired) electrons. The molecule has 0 bridgehead atoms. The van der Waals surface area contributed by atoms with Crippen LogP contribution in [0.2, 0.25) is 5.31 Å². The molecule has 1 heterocycles. The summed E-state index contributed by atoms with van der Waals surface area (Å²) in [4.78, 5) is 15.2. The molecule has 0 aromatic rings. The number of aliphatic hydroxyl groups is 1. The molecule has 1 aliphatic rings. The van der Waals surface area contributed by atoms with Crippen LogP contribution in [0, 0.1) is 0 Å². The zero-order valence-corrected chi connectivity index (χ0v) is 12.9. The molecule has 0 aromatic heterocycles. The van der Waals surface area contributed by atoms with Gasteiger partial charge in [-0.3, -0.25) is 9.69 Å². The molecule has 1 N–H and O–H groups in total. The van der Waals surface area contributed by atoms with Gasteiger partial charge in [0.1, 0.15) is 12.3 Å². The van der Waals surface area contributed by atoms with Gasteiger partial charge in [-0.1, -0.05) is 20.8 Å². The fourth-order valence-electron chi connectivity index (χ4n) is 1.84. The molecule has 1 rings (SSSR count). The Hall–Kier alpha value is -0.625. The van der Waals surface area contributed by atoms with Crippen LogP contribution in [0.3, 0.4) is 0 Å². The van der Waals surface area contributed by atoms with E-state index in [-0.39, 0.29) is 11.2 Å². The summed E-state index contributed by atoms with van der Waals surface area (Å²) in [5.74, 6) is -0.197. The first-order valence-electron chi connectivity index (χ1n) is 6.42. The Morgan fingerprint density at radius 2 is 1.74 bits per heavy atom. The van der Waals surface area contributed by atoms with Gasteiger partial charge < -0.3 is 19.3 Å². The van der Waals surface area contributed by atoms with Crippen molar-refractivity contribution in [3.8, 4) is 0 Å². The zero-order valence-electron chi connectivity index (χ0n) is 12.9. The quantitative estimate of drug-likeness (QED) is 0.580. The predicted molar refractivity (Wildman–Crippen MR) is 73.6 cm³/mol. The second kappa shape index (κ2) is 5.79. The lowest BCUT2D eigenvalue weighted by molar-refractivity contribution is -0.142. The fraction of sp³-hybridized carbons (Fsp3) is 0.917. The molecule has 0 spiro atoms. The first-order chi connectivity index (χ1) is 8.55. The minimum absolute atomic E-state index is 0.197. The molecule has 7 heteroatoms. The summed E-state index contributed by atoms with van der Waals surface area (Å²) < 4.78 is 11.5. The average Bonchev–Trinajstić information content (AvgIpc) is 2.70. The predicted octanol–water partition coefficient (Wildman–Crippen LogP) is 0.0269. The van der Waals surface area contributed by atoms with E-state index in [1.54, 1.807) is 33.1 Å². The summed E-state index contributed by atoms with van der Waals surface area (Å²) in [6.45, 7) is 5.91. The molecule has 3 unspecified atom stereocenters. The van der Waals surface area contributed by atoms with E-state index < -0.39 is 25.6 Å². The molecule has 0 aromatic carbocycles. The second-order valence-electron chi connectivity index (χ2n) is 6.47. The number of hydrogen-bond acceptors (Lipinski definition) is 5. The van der Waals surface area contributed by atoms with Crippen LogP contribution in [0.15, 0.2) is 0 Å². The van der Waals surface area contributed by atoms with Crippen LogP contribution in [0.4, 0.5) is 0 Å². The zero-order chi connectivity index (χ0) is 15.0. The van der Waals surface area contributed by atoms with Crippen molar-refractivity contribution < 1.29 is 19.2 Å². The van der Waals surface area contributed by atoms with Crippen molar-refractivity contribution in [2.75, 3.05) is 28.2 Å². The van der Waals surface area contributed by atoms with E-state index in [1.807, 2.05) is 20.8 Å². The van der Waals surface area contributed by atoms with E-state index >= 15 is 0 Å². The first-order valence-corrected chi connectivity index (χ1v) is 6.42. The highest BCUT2D eigenvalue weighted by atomic mass is 16.7. The summed E-state index contributed by atoms with van der Waals surface area (Å²) in [6.07, 6.45) is -2.35. The van der Waals surface area contributed by atoms with E-state index in [1.165, 1.54) is 4.90 Å². The standard InChI is InChI=1S/C12H25BN2O4/c1-12(2,3)13-18-8(10(16)14(4)5)9(19-13)11(17)15(6)7/h8-10,16H,1-7H3. The van der Waals surface area contributed by atoms with Crippen LogP contribution in [-0.4, -0.2) is 74.6 Å². The van der Waals surface area contributed by atoms with E-state index in [0.29, 0.717) is 0 Å². The fourth-order valence-corrected chi connectivity index (χ4v) is 1.84. The van der Waals surface area contributed by atoms with Gasteiger partial charge in [-0.05, 0) is 19.4 Å². The number of aliphatic hydroxyl groups excluding tert-OH is 1. The molecule has 0 aliphatic carbocycles. The van der Waals surface area contributed by atoms with Crippen molar-refractivity contribution in [1.82, 2.24) is 9.80 Å². The van der Waals surface area contributed by atoms with Gasteiger partial charge in [0.15, 0.2) is 6.10 Å². The minimum atomic E-state index is -0.888. The van der Waals surface area contributed by atoms with Crippen molar-refractivity contribution >= 4 is 13.0 Å². The number of carbonyl (C=O) groups is 1. The summed E-state index contributed by atoms with van der Waals surface area (Å²) >= 11 is 0. The lowest BCUT2D eigenvalue weighted by Gasteiger charge is -2.28. The van der Waals surface area contributed by atoms with Crippen molar-refractivity contribution in [3.63, 3.8) is 0 Å². The van der Waals surface area contributed by atoms with Gasteiger partial charge in [-0.25, -0.2) is 0 Å². The van der Waals surface area contributed by atoms with Gasteiger partial charge in [-0.2, -0.15) is 0 Å². The Morgan fingerprint density at radius 3 is 2.11 bits per heavy atom. The van der Waals surface area contributed by atoms with E-state index in [9.17, 15) is 9.90 Å². The van der Waals surface area contributed by atoms with Gasteiger partial charge in [-0.15, -0.1) is 0 Å². The number of likely N-dealkylation sites (N-methyl/N-ethyl adjacent to an activating group) is 2. The normalized spacial score (nSPS) is 25.8. The molecule has 110 valence electrons. The minimum Gasteiger partial charge on any atom is -0.401 e. The molecule has 3 atom stereocenters. The van der Waals surface area contributed by atoms with E-state index in [2.05, 4.69) is 0 Å². The summed E-state index contributed by atoms with van der Waals surface area (Å²) in [7, 11) is 6.27. The molecular formula is C12H25BN2O4. The smallest absolute Gasteiger partial charge is 0.401 e. The molecule has 0 saturated carbocycles. The van der Waals surface area contributed by atoms with Gasteiger partial charge in [0, 0.05) is 14.1 Å². The third-order valence-corrected chi connectivity index (χ3v) is 3.06. The Labute approximate surface area is 115 Å². The van der Waals surface area contributed by atoms with Crippen LogP contribution < -0.4 is 0 Å². The number of rotatable bonds is 3. The van der Waals surface area contributed by atoms with Gasteiger partial charge >= 0.3 is 7.12 Å². The van der Waals surface area contributed by atoms with Crippen LogP contribution in [0.5, 0.6) is 0 Å².